The van der Waals surface area contributed by atoms with Crippen molar-refractivity contribution in [2.75, 3.05) is 19.6 Å². The quantitative estimate of drug-likeness (QED) is 0.639. The molecule has 1 heteroatoms. The van der Waals surface area contributed by atoms with Crippen LogP contribution in [0.4, 0.5) is 0 Å². The van der Waals surface area contributed by atoms with Crippen molar-refractivity contribution in [3.05, 3.63) is 11.6 Å². The average Bonchev–Trinajstić information content (AvgIpc) is 2.74. The topological polar surface area (TPSA) is 3.24 Å². The van der Waals surface area contributed by atoms with Crippen LogP contribution >= 0.6 is 0 Å². The fourth-order valence-corrected chi connectivity index (χ4v) is 2.77. The van der Waals surface area contributed by atoms with E-state index in [1.54, 1.807) is 5.57 Å². The molecule has 1 aliphatic carbocycles. The predicted molar refractivity (Wildman–Crippen MR) is 66.0 cm³/mol. The molecule has 1 heterocycles. The molecule has 1 saturated heterocycles. The van der Waals surface area contributed by atoms with E-state index < -0.39 is 0 Å². The highest BCUT2D eigenvalue weighted by Gasteiger charge is 2.14. The molecule has 0 amide bonds. The Morgan fingerprint density at radius 2 is 1.87 bits per heavy atom. The van der Waals surface area contributed by atoms with E-state index in [2.05, 4.69) is 17.9 Å². The van der Waals surface area contributed by atoms with Gasteiger partial charge in [-0.25, -0.2) is 0 Å². The largest absolute Gasteiger partial charge is 0.303 e. The maximum atomic E-state index is 2.64. The Labute approximate surface area is 94.5 Å². The van der Waals surface area contributed by atoms with E-state index in [0.717, 1.165) is 5.92 Å². The van der Waals surface area contributed by atoms with Gasteiger partial charge in [-0.2, -0.15) is 0 Å². The van der Waals surface area contributed by atoms with Crippen LogP contribution in [0.1, 0.15) is 51.9 Å². The maximum Gasteiger partial charge on any atom is 0.00160 e. The van der Waals surface area contributed by atoms with Gasteiger partial charge in [0.1, 0.15) is 0 Å². The molecule has 0 aromatic heterocycles. The van der Waals surface area contributed by atoms with Crippen LogP contribution in [0.15, 0.2) is 11.6 Å². The Kier molecular flexibility index (Phi) is 4.25. The van der Waals surface area contributed by atoms with Gasteiger partial charge in [0, 0.05) is 6.54 Å². The summed E-state index contributed by atoms with van der Waals surface area (Å²) < 4.78 is 0. The van der Waals surface area contributed by atoms with Crippen molar-refractivity contribution < 1.29 is 0 Å². The minimum Gasteiger partial charge on any atom is -0.303 e. The number of hydrogen-bond acceptors (Lipinski definition) is 1. The summed E-state index contributed by atoms with van der Waals surface area (Å²) in [7, 11) is 0. The number of rotatable bonds is 3. The molecule has 0 bridgehead atoms. The summed E-state index contributed by atoms with van der Waals surface area (Å²) in [4.78, 5) is 2.64. The lowest BCUT2D eigenvalue weighted by Crippen LogP contribution is -2.33. The van der Waals surface area contributed by atoms with E-state index in [0.29, 0.717) is 0 Å². The molecule has 2 rings (SSSR count). The van der Waals surface area contributed by atoms with Gasteiger partial charge in [-0.05, 0) is 64.0 Å². The van der Waals surface area contributed by atoms with Crippen molar-refractivity contribution in [1.82, 2.24) is 4.90 Å². The zero-order chi connectivity index (χ0) is 10.5. The lowest BCUT2D eigenvalue weighted by atomic mass is 9.99. The van der Waals surface area contributed by atoms with E-state index in [1.807, 2.05) is 0 Å². The molecule has 1 aliphatic heterocycles. The first-order valence-electron chi connectivity index (χ1n) is 6.75. The molecule has 0 spiro atoms. The Hall–Kier alpha value is -0.300. The van der Waals surface area contributed by atoms with E-state index in [4.69, 9.17) is 0 Å². The molecule has 0 atom stereocenters. The van der Waals surface area contributed by atoms with Crippen LogP contribution in [-0.2, 0) is 0 Å². The van der Waals surface area contributed by atoms with Gasteiger partial charge in [-0.3, -0.25) is 0 Å². The molecule has 0 radical (unpaired) electrons. The summed E-state index contributed by atoms with van der Waals surface area (Å²) in [5.74, 6) is 0.967. The molecule has 2 aliphatic rings. The fraction of sp³-hybridized carbons (Fsp3) is 0.857. The number of likely N-dealkylation sites (tertiary alicyclic amines) is 1. The van der Waals surface area contributed by atoms with E-state index >= 15 is 0 Å². The monoisotopic (exact) mass is 207 g/mol. The second kappa shape index (κ2) is 5.69. The summed E-state index contributed by atoms with van der Waals surface area (Å²) in [5.41, 5.74) is 1.74. The summed E-state index contributed by atoms with van der Waals surface area (Å²) >= 11 is 0. The van der Waals surface area contributed by atoms with Crippen LogP contribution in [-0.4, -0.2) is 24.5 Å². The van der Waals surface area contributed by atoms with Crippen molar-refractivity contribution in [1.29, 1.82) is 0 Å². The van der Waals surface area contributed by atoms with Gasteiger partial charge in [0.2, 0.25) is 0 Å². The zero-order valence-electron chi connectivity index (χ0n) is 10.2. The van der Waals surface area contributed by atoms with Gasteiger partial charge in [0.25, 0.3) is 0 Å². The highest BCUT2D eigenvalue weighted by Crippen LogP contribution is 2.24. The number of nitrogens with zero attached hydrogens (tertiary/aromatic N) is 1. The molecule has 0 aromatic rings. The van der Waals surface area contributed by atoms with Gasteiger partial charge >= 0.3 is 0 Å². The lowest BCUT2D eigenvalue weighted by molar-refractivity contribution is 0.195. The molecule has 2 fully saturated rings. The van der Waals surface area contributed by atoms with Crippen molar-refractivity contribution in [2.24, 2.45) is 5.92 Å². The lowest BCUT2D eigenvalue weighted by Gasteiger charge is -2.29. The molecule has 0 unspecified atom stereocenters. The van der Waals surface area contributed by atoms with Gasteiger partial charge in [-0.15, -0.1) is 0 Å². The Morgan fingerprint density at radius 3 is 2.53 bits per heavy atom. The zero-order valence-corrected chi connectivity index (χ0v) is 10.2. The van der Waals surface area contributed by atoms with Gasteiger partial charge in [0.15, 0.2) is 0 Å². The van der Waals surface area contributed by atoms with E-state index in [9.17, 15) is 0 Å². The van der Waals surface area contributed by atoms with Crippen molar-refractivity contribution in [2.45, 2.75) is 51.9 Å². The molecule has 0 aromatic carbocycles. The smallest absolute Gasteiger partial charge is 0.00160 e. The van der Waals surface area contributed by atoms with Crippen molar-refractivity contribution in [3.63, 3.8) is 0 Å². The fourth-order valence-electron chi connectivity index (χ4n) is 2.77. The molecule has 15 heavy (non-hydrogen) atoms. The highest BCUT2D eigenvalue weighted by molar-refractivity contribution is 5.05. The van der Waals surface area contributed by atoms with Gasteiger partial charge < -0.3 is 4.90 Å². The van der Waals surface area contributed by atoms with E-state index in [-0.39, 0.29) is 0 Å². The Balaban J connectivity index is 1.63. The first-order chi connectivity index (χ1) is 7.34. The molecule has 1 nitrogen and oxygen atoms in total. The number of allylic oxidation sites excluding steroid dienone is 1. The van der Waals surface area contributed by atoms with Crippen LogP contribution < -0.4 is 0 Å². The normalized spacial score (nSPS) is 24.7. The number of hydrogen-bond donors (Lipinski definition) is 0. The third kappa shape index (κ3) is 3.64. The number of piperidine rings is 1. The van der Waals surface area contributed by atoms with Gasteiger partial charge in [-0.1, -0.05) is 18.6 Å². The second-order valence-electron chi connectivity index (χ2n) is 5.38. The minimum atomic E-state index is 0.967. The molecular formula is C14H25N. The summed E-state index contributed by atoms with van der Waals surface area (Å²) in [6.45, 7) is 6.36. The maximum absolute atomic E-state index is 2.64. The second-order valence-corrected chi connectivity index (χ2v) is 5.38. The standard InChI is InChI=1S/C14H25N/c1-13-8-11-15(12-9-13)10-4-7-14-5-2-3-6-14/h7,13H,2-6,8-12H2,1H3. The third-order valence-electron chi connectivity index (χ3n) is 4.00. The van der Waals surface area contributed by atoms with Crippen molar-refractivity contribution in [3.8, 4) is 0 Å². The Bertz CT molecular complexity index is 203. The van der Waals surface area contributed by atoms with Crippen LogP contribution in [0.3, 0.4) is 0 Å². The van der Waals surface area contributed by atoms with Crippen molar-refractivity contribution >= 4 is 0 Å². The van der Waals surface area contributed by atoms with Gasteiger partial charge in [0.05, 0.1) is 0 Å². The highest BCUT2D eigenvalue weighted by atomic mass is 15.1. The first-order valence-corrected chi connectivity index (χ1v) is 6.75. The molecule has 86 valence electrons. The third-order valence-corrected chi connectivity index (χ3v) is 4.00. The summed E-state index contributed by atoms with van der Waals surface area (Å²) in [6.07, 6.45) is 12.3. The summed E-state index contributed by atoms with van der Waals surface area (Å²) in [6, 6.07) is 0. The van der Waals surface area contributed by atoms with Crippen LogP contribution in [0, 0.1) is 5.92 Å². The molecule has 0 N–H and O–H groups in total. The minimum absolute atomic E-state index is 0.967. The van der Waals surface area contributed by atoms with E-state index in [1.165, 1.54) is 64.6 Å². The van der Waals surface area contributed by atoms with Crippen LogP contribution in [0.5, 0.6) is 0 Å². The molecule has 1 saturated carbocycles. The van der Waals surface area contributed by atoms with Crippen LogP contribution in [0.2, 0.25) is 0 Å². The average molecular weight is 207 g/mol. The summed E-state index contributed by atoms with van der Waals surface area (Å²) in [5, 5.41) is 0. The van der Waals surface area contributed by atoms with Crippen LogP contribution in [0.25, 0.3) is 0 Å². The predicted octanol–water partition coefficient (Wildman–Crippen LogP) is 3.61. The Morgan fingerprint density at radius 1 is 1.20 bits per heavy atom. The molecular weight excluding hydrogens is 182 g/mol. The SMILES string of the molecule is CC1CCN(CCC=C2CCCC2)CC1. The first kappa shape index (κ1) is 11.2.